The van der Waals surface area contributed by atoms with Crippen LogP contribution in [0.2, 0.25) is 0 Å². The van der Waals surface area contributed by atoms with Crippen molar-refractivity contribution in [1.29, 1.82) is 0 Å². The third kappa shape index (κ3) is 4.50. The number of halogens is 1. The van der Waals surface area contributed by atoms with Gasteiger partial charge in [0.25, 0.3) is 5.91 Å². The highest BCUT2D eigenvalue weighted by Crippen LogP contribution is 2.41. The van der Waals surface area contributed by atoms with E-state index in [1.165, 1.54) is 12.1 Å². The van der Waals surface area contributed by atoms with Gasteiger partial charge in [0.1, 0.15) is 23.9 Å². The van der Waals surface area contributed by atoms with Crippen LogP contribution >= 0.6 is 0 Å². The minimum Gasteiger partial charge on any atom is -0.488 e. The van der Waals surface area contributed by atoms with Crippen LogP contribution in [0, 0.1) is 5.82 Å². The molecule has 1 N–H and O–H groups in total. The molecule has 0 bridgehead atoms. The Hall–Kier alpha value is -4.51. The SMILES string of the molecule is O=C(Nc1cc(OCc2ccccc2)c2ccccc2c1-c1ccc(F)cc1)c1ccccn1. The number of fused-ring (bicyclic) bond motifs is 1. The molecule has 0 unspecified atom stereocenters. The zero-order valence-electron chi connectivity index (χ0n) is 18.2. The molecule has 0 saturated carbocycles. The zero-order chi connectivity index (χ0) is 23.3. The number of nitrogens with one attached hydrogen (secondary N) is 1. The monoisotopic (exact) mass is 448 g/mol. The van der Waals surface area contributed by atoms with Gasteiger partial charge in [-0.15, -0.1) is 0 Å². The molecule has 0 atom stereocenters. The molecule has 4 aromatic carbocycles. The molecule has 4 nitrogen and oxygen atoms in total. The maximum absolute atomic E-state index is 13.7. The Balaban J connectivity index is 1.64. The standard InChI is InChI=1S/C29H21FN2O2/c30-22-15-13-21(14-16-22)28-24-11-5-4-10-23(24)27(34-19-20-8-2-1-3-9-20)18-26(28)32-29(33)25-12-6-7-17-31-25/h1-18H,19H2,(H,32,33). The molecule has 5 rings (SSSR count). The molecular formula is C29H21FN2O2. The van der Waals surface area contributed by atoms with Crippen molar-refractivity contribution in [3.05, 3.63) is 126 Å². The van der Waals surface area contributed by atoms with E-state index in [-0.39, 0.29) is 11.7 Å². The molecule has 1 amide bonds. The maximum Gasteiger partial charge on any atom is 0.274 e. The van der Waals surface area contributed by atoms with Crippen LogP contribution in [-0.4, -0.2) is 10.9 Å². The van der Waals surface area contributed by atoms with Gasteiger partial charge >= 0.3 is 0 Å². The smallest absolute Gasteiger partial charge is 0.274 e. The number of hydrogen-bond acceptors (Lipinski definition) is 3. The Labute approximate surface area is 196 Å². The Bertz CT molecular complexity index is 1440. The minimum atomic E-state index is -0.340. The fourth-order valence-corrected chi connectivity index (χ4v) is 3.91. The highest BCUT2D eigenvalue weighted by molar-refractivity contribution is 6.11. The molecule has 0 aliphatic heterocycles. The number of rotatable bonds is 6. The second kappa shape index (κ2) is 9.55. The lowest BCUT2D eigenvalue weighted by Gasteiger charge is -2.18. The van der Waals surface area contributed by atoms with E-state index in [9.17, 15) is 9.18 Å². The van der Waals surface area contributed by atoms with Crippen molar-refractivity contribution < 1.29 is 13.9 Å². The van der Waals surface area contributed by atoms with Crippen molar-refractivity contribution in [2.45, 2.75) is 6.61 Å². The molecule has 5 aromatic rings. The summed E-state index contributed by atoms with van der Waals surface area (Å²) in [6.45, 7) is 0.383. The summed E-state index contributed by atoms with van der Waals surface area (Å²) in [5.74, 6) is -0.0233. The molecule has 1 aromatic heterocycles. The Morgan fingerprint density at radius 1 is 0.824 bits per heavy atom. The van der Waals surface area contributed by atoms with Crippen molar-refractivity contribution in [2.75, 3.05) is 5.32 Å². The number of ether oxygens (including phenoxy) is 1. The summed E-state index contributed by atoms with van der Waals surface area (Å²) < 4.78 is 19.9. The lowest BCUT2D eigenvalue weighted by atomic mass is 9.95. The first-order valence-corrected chi connectivity index (χ1v) is 10.9. The second-order valence-corrected chi connectivity index (χ2v) is 7.79. The fraction of sp³-hybridized carbons (Fsp3) is 0.0345. The summed E-state index contributed by atoms with van der Waals surface area (Å²) in [7, 11) is 0. The van der Waals surface area contributed by atoms with Crippen LogP contribution in [0.25, 0.3) is 21.9 Å². The largest absolute Gasteiger partial charge is 0.488 e. The average molecular weight is 448 g/mol. The summed E-state index contributed by atoms with van der Waals surface area (Å²) in [5, 5.41) is 4.78. The van der Waals surface area contributed by atoms with Crippen molar-refractivity contribution >= 4 is 22.4 Å². The number of benzene rings is 4. The number of aromatic nitrogens is 1. The number of carbonyl (C=O) groups excluding carboxylic acids is 1. The van der Waals surface area contributed by atoms with E-state index in [4.69, 9.17) is 4.74 Å². The first-order chi connectivity index (χ1) is 16.7. The predicted octanol–water partition coefficient (Wildman–Crippen LogP) is 6.87. The van der Waals surface area contributed by atoms with E-state index in [0.717, 1.165) is 27.5 Å². The molecule has 0 radical (unpaired) electrons. The third-order valence-corrected chi connectivity index (χ3v) is 5.52. The molecular weight excluding hydrogens is 427 g/mol. The molecule has 0 saturated heterocycles. The predicted molar refractivity (Wildman–Crippen MR) is 132 cm³/mol. The van der Waals surface area contributed by atoms with Gasteiger partial charge in [-0.3, -0.25) is 9.78 Å². The normalized spacial score (nSPS) is 10.7. The molecule has 5 heteroatoms. The quantitative estimate of drug-likeness (QED) is 0.308. The van der Waals surface area contributed by atoms with Gasteiger partial charge in [0.05, 0.1) is 5.69 Å². The van der Waals surface area contributed by atoms with E-state index in [0.29, 0.717) is 23.7 Å². The number of pyridine rings is 1. The highest BCUT2D eigenvalue weighted by atomic mass is 19.1. The maximum atomic E-state index is 13.7. The highest BCUT2D eigenvalue weighted by Gasteiger charge is 2.18. The first-order valence-electron chi connectivity index (χ1n) is 10.9. The third-order valence-electron chi connectivity index (χ3n) is 5.52. The van der Waals surface area contributed by atoms with Crippen LogP contribution in [0.5, 0.6) is 5.75 Å². The van der Waals surface area contributed by atoms with E-state index in [2.05, 4.69) is 10.3 Å². The van der Waals surface area contributed by atoms with Crippen molar-refractivity contribution in [3.63, 3.8) is 0 Å². The molecule has 0 spiro atoms. The van der Waals surface area contributed by atoms with Gasteiger partial charge in [0.15, 0.2) is 0 Å². The molecule has 0 fully saturated rings. The summed E-state index contributed by atoms with van der Waals surface area (Å²) in [5.41, 5.74) is 3.46. The van der Waals surface area contributed by atoms with E-state index < -0.39 is 0 Å². The molecule has 166 valence electrons. The number of amides is 1. The lowest BCUT2D eigenvalue weighted by Crippen LogP contribution is -2.14. The minimum absolute atomic E-state index is 0.299. The summed E-state index contributed by atoms with van der Waals surface area (Å²) in [6.07, 6.45) is 1.57. The second-order valence-electron chi connectivity index (χ2n) is 7.79. The molecule has 34 heavy (non-hydrogen) atoms. The van der Waals surface area contributed by atoms with Crippen LogP contribution < -0.4 is 10.1 Å². The van der Waals surface area contributed by atoms with Gasteiger partial charge in [-0.1, -0.05) is 72.8 Å². The van der Waals surface area contributed by atoms with E-state index in [1.807, 2.05) is 60.7 Å². The van der Waals surface area contributed by atoms with E-state index in [1.54, 1.807) is 36.5 Å². The summed E-state index contributed by atoms with van der Waals surface area (Å²) in [4.78, 5) is 17.2. The van der Waals surface area contributed by atoms with Gasteiger partial charge in [-0.05, 0) is 40.8 Å². The van der Waals surface area contributed by atoms with Crippen molar-refractivity contribution in [3.8, 4) is 16.9 Å². The van der Waals surface area contributed by atoms with Crippen LogP contribution in [0.15, 0.2) is 109 Å². The lowest BCUT2D eigenvalue weighted by molar-refractivity contribution is 0.102. The van der Waals surface area contributed by atoms with Crippen LogP contribution in [0.3, 0.4) is 0 Å². The Morgan fingerprint density at radius 2 is 1.53 bits per heavy atom. The van der Waals surface area contributed by atoms with Gasteiger partial charge in [-0.2, -0.15) is 0 Å². The molecule has 0 aliphatic rings. The van der Waals surface area contributed by atoms with Crippen LogP contribution in [0.4, 0.5) is 10.1 Å². The average Bonchev–Trinajstić information content (AvgIpc) is 2.89. The Kier molecular flexibility index (Phi) is 5.99. The van der Waals surface area contributed by atoms with Gasteiger partial charge in [0.2, 0.25) is 0 Å². The van der Waals surface area contributed by atoms with Gasteiger partial charge in [0, 0.05) is 23.2 Å². The van der Waals surface area contributed by atoms with Crippen LogP contribution in [-0.2, 0) is 6.61 Å². The summed E-state index contributed by atoms with van der Waals surface area (Å²) in [6, 6.07) is 30.9. The fourth-order valence-electron chi connectivity index (χ4n) is 3.91. The Morgan fingerprint density at radius 3 is 2.26 bits per heavy atom. The van der Waals surface area contributed by atoms with Crippen molar-refractivity contribution in [2.24, 2.45) is 0 Å². The van der Waals surface area contributed by atoms with Gasteiger partial charge in [-0.25, -0.2) is 4.39 Å². The zero-order valence-corrected chi connectivity index (χ0v) is 18.2. The number of anilines is 1. The molecule has 1 heterocycles. The molecule has 0 aliphatic carbocycles. The number of nitrogens with zero attached hydrogens (tertiary/aromatic N) is 1. The summed E-state index contributed by atoms with van der Waals surface area (Å²) >= 11 is 0. The number of hydrogen-bond donors (Lipinski definition) is 1. The first kappa shape index (κ1) is 21.3. The van der Waals surface area contributed by atoms with Crippen molar-refractivity contribution in [1.82, 2.24) is 4.98 Å². The van der Waals surface area contributed by atoms with E-state index >= 15 is 0 Å². The van der Waals surface area contributed by atoms with Crippen LogP contribution in [0.1, 0.15) is 16.1 Å². The van der Waals surface area contributed by atoms with Gasteiger partial charge < -0.3 is 10.1 Å². The topological polar surface area (TPSA) is 51.2 Å². The number of carbonyl (C=O) groups is 1.